The maximum absolute atomic E-state index is 14.1. The summed E-state index contributed by atoms with van der Waals surface area (Å²) in [4.78, 5) is 11.6. The molecule has 0 unspecified atom stereocenters. The van der Waals surface area contributed by atoms with E-state index < -0.39 is 51.8 Å². The molecule has 0 atom stereocenters. The van der Waals surface area contributed by atoms with Gasteiger partial charge in [-0.2, -0.15) is 0 Å². The molecule has 0 aromatic heterocycles. The van der Waals surface area contributed by atoms with Crippen molar-refractivity contribution in [3.8, 4) is 11.5 Å². The van der Waals surface area contributed by atoms with Crippen molar-refractivity contribution >= 4 is 15.9 Å². The van der Waals surface area contributed by atoms with Crippen molar-refractivity contribution < 1.29 is 44.6 Å². The van der Waals surface area contributed by atoms with Crippen molar-refractivity contribution in [2.75, 3.05) is 6.26 Å². The van der Waals surface area contributed by atoms with Crippen molar-refractivity contribution in [3.63, 3.8) is 0 Å². The number of ether oxygens (including phenoxy) is 2. The van der Waals surface area contributed by atoms with Gasteiger partial charge in [0.2, 0.25) is 10.0 Å². The molecule has 2 rings (SSSR count). The first-order valence-corrected chi connectivity index (χ1v) is 9.22. The molecule has 1 amide bonds. The van der Waals surface area contributed by atoms with E-state index in [0.717, 1.165) is 24.3 Å². The van der Waals surface area contributed by atoms with Crippen LogP contribution in [0.25, 0.3) is 0 Å². The van der Waals surface area contributed by atoms with Crippen molar-refractivity contribution in [3.05, 3.63) is 59.2 Å². The van der Waals surface area contributed by atoms with Crippen LogP contribution in [0.15, 0.2) is 36.4 Å². The van der Waals surface area contributed by atoms with E-state index in [1.54, 1.807) is 0 Å². The molecule has 0 radical (unpaired) electrons. The number of carbonyl (C=O) groups excluding carboxylic acids is 1. The Morgan fingerprint density at radius 3 is 2.14 bits per heavy atom. The Hall–Kier alpha value is -2.89. The van der Waals surface area contributed by atoms with Crippen molar-refractivity contribution in [2.24, 2.45) is 0 Å². The molecule has 12 heteroatoms. The lowest BCUT2D eigenvalue weighted by Crippen LogP contribution is -2.30. The highest BCUT2D eigenvalue weighted by Gasteiger charge is 2.31. The molecule has 0 heterocycles. The molecule has 0 spiro atoms. The molecule has 0 aliphatic carbocycles. The molecule has 2 aromatic carbocycles. The Labute approximate surface area is 155 Å². The summed E-state index contributed by atoms with van der Waals surface area (Å²) in [7, 11) is -3.97. The second kappa shape index (κ2) is 8.00. The van der Waals surface area contributed by atoms with Crippen LogP contribution in [0.2, 0.25) is 0 Å². The van der Waals surface area contributed by atoms with Gasteiger partial charge in [0, 0.05) is 5.56 Å². The number of nitrogens with one attached hydrogen (secondary N) is 1. The minimum absolute atomic E-state index is 0.0493. The highest BCUT2D eigenvalue weighted by molar-refractivity contribution is 7.89. The van der Waals surface area contributed by atoms with Crippen LogP contribution in [0.3, 0.4) is 0 Å². The fourth-order valence-corrected chi connectivity index (χ4v) is 2.44. The van der Waals surface area contributed by atoms with E-state index >= 15 is 0 Å². The molecular formula is C16H12F5NO5S. The highest BCUT2D eigenvalue weighted by atomic mass is 32.2. The number of halogens is 5. The number of sulfonamides is 1. The number of amides is 1. The first-order valence-electron chi connectivity index (χ1n) is 7.33. The molecule has 2 aromatic rings. The van der Waals surface area contributed by atoms with E-state index in [2.05, 4.69) is 4.74 Å². The molecule has 1 N–H and O–H groups in total. The maximum Gasteiger partial charge on any atom is 0.573 e. The zero-order valence-corrected chi connectivity index (χ0v) is 14.8. The third kappa shape index (κ3) is 6.37. The molecule has 28 heavy (non-hydrogen) atoms. The fourth-order valence-electron chi connectivity index (χ4n) is 1.99. The van der Waals surface area contributed by atoms with Crippen molar-refractivity contribution in [1.29, 1.82) is 0 Å². The second-order valence-electron chi connectivity index (χ2n) is 5.43. The number of alkyl halides is 3. The smallest absolute Gasteiger partial charge is 0.489 e. The normalized spacial score (nSPS) is 11.8. The molecule has 0 aliphatic heterocycles. The molecular weight excluding hydrogens is 413 g/mol. The van der Waals surface area contributed by atoms with Gasteiger partial charge in [-0.25, -0.2) is 21.9 Å². The summed E-state index contributed by atoms with van der Waals surface area (Å²) in [5.41, 5.74) is -1.12. The van der Waals surface area contributed by atoms with Gasteiger partial charge in [0.1, 0.15) is 29.7 Å². The van der Waals surface area contributed by atoms with E-state index in [-0.39, 0.29) is 11.3 Å². The standard InChI is InChI=1S/C16H12F5NO5S/c1-28(24,25)22-15(23)12-7-13(17)9(6-14(12)18)8-26-10-2-4-11(5-3-10)27-16(19,20)21/h2-7H,8H2,1H3,(H,22,23). The molecule has 6 nitrogen and oxygen atoms in total. The van der Waals surface area contributed by atoms with Gasteiger partial charge in [-0.05, 0) is 36.4 Å². The number of hydrogen-bond acceptors (Lipinski definition) is 5. The lowest BCUT2D eigenvalue weighted by Gasteiger charge is -2.11. The van der Waals surface area contributed by atoms with Crippen LogP contribution < -0.4 is 14.2 Å². The van der Waals surface area contributed by atoms with E-state index in [1.807, 2.05) is 0 Å². The van der Waals surface area contributed by atoms with Crippen molar-refractivity contribution in [2.45, 2.75) is 13.0 Å². The first-order chi connectivity index (χ1) is 12.8. The predicted octanol–water partition coefficient (Wildman–Crippen LogP) is 3.13. The van der Waals surface area contributed by atoms with Crippen LogP contribution in [0.4, 0.5) is 22.0 Å². The van der Waals surface area contributed by atoms with Crippen LogP contribution >= 0.6 is 0 Å². The van der Waals surface area contributed by atoms with Crippen LogP contribution in [0, 0.1) is 11.6 Å². The van der Waals surface area contributed by atoms with Gasteiger partial charge in [0.15, 0.2) is 0 Å². The van der Waals surface area contributed by atoms with E-state index in [0.29, 0.717) is 18.4 Å². The van der Waals surface area contributed by atoms with Gasteiger partial charge in [-0.1, -0.05) is 0 Å². The fraction of sp³-hybridized carbons (Fsp3) is 0.188. The van der Waals surface area contributed by atoms with Gasteiger partial charge in [0.25, 0.3) is 5.91 Å². The zero-order chi connectivity index (χ0) is 21.1. The summed E-state index contributed by atoms with van der Waals surface area (Å²) in [6, 6.07) is 5.35. The molecule has 0 bridgehead atoms. The van der Waals surface area contributed by atoms with E-state index in [4.69, 9.17) is 4.74 Å². The summed E-state index contributed by atoms with van der Waals surface area (Å²) in [6.07, 6.45) is -4.18. The molecule has 0 fully saturated rings. The Morgan fingerprint density at radius 1 is 1.04 bits per heavy atom. The Balaban J connectivity index is 2.09. The third-order valence-electron chi connectivity index (χ3n) is 3.11. The third-order valence-corrected chi connectivity index (χ3v) is 3.67. The Kier molecular flexibility index (Phi) is 6.12. The van der Waals surface area contributed by atoms with Crippen LogP contribution in [-0.2, 0) is 16.6 Å². The number of benzene rings is 2. The van der Waals surface area contributed by atoms with Crippen LogP contribution in [-0.4, -0.2) is 26.9 Å². The van der Waals surface area contributed by atoms with Gasteiger partial charge in [-0.3, -0.25) is 4.79 Å². The molecule has 152 valence electrons. The first kappa shape index (κ1) is 21.4. The zero-order valence-electron chi connectivity index (χ0n) is 14.0. The SMILES string of the molecule is CS(=O)(=O)NC(=O)c1cc(F)c(COc2ccc(OC(F)(F)F)cc2)cc1F. The lowest BCUT2D eigenvalue weighted by molar-refractivity contribution is -0.274. The maximum atomic E-state index is 14.1. The Morgan fingerprint density at radius 2 is 1.61 bits per heavy atom. The summed E-state index contributed by atoms with van der Waals surface area (Å²) in [6.45, 7) is -0.504. The summed E-state index contributed by atoms with van der Waals surface area (Å²) in [5, 5.41) is 0. The van der Waals surface area contributed by atoms with Crippen LogP contribution in [0.1, 0.15) is 15.9 Å². The van der Waals surface area contributed by atoms with Gasteiger partial charge < -0.3 is 9.47 Å². The number of hydrogen-bond donors (Lipinski definition) is 1. The summed E-state index contributed by atoms with van der Waals surface area (Å²) < 4.78 is 96.6. The minimum atomic E-state index is -4.85. The number of carbonyl (C=O) groups is 1. The lowest BCUT2D eigenvalue weighted by atomic mass is 10.1. The van der Waals surface area contributed by atoms with E-state index in [1.165, 1.54) is 4.72 Å². The van der Waals surface area contributed by atoms with Gasteiger partial charge in [0.05, 0.1) is 11.8 Å². The monoisotopic (exact) mass is 425 g/mol. The van der Waals surface area contributed by atoms with E-state index in [9.17, 15) is 35.2 Å². The number of rotatable bonds is 6. The summed E-state index contributed by atoms with van der Waals surface area (Å²) in [5.74, 6) is -4.01. The topological polar surface area (TPSA) is 81.7 Å². The minimum Gasteiger partial charge on any atom is -0.489 e. The largest absolute Gasteiger partial charge is 0.573 e. The summed E-state index contributed by atoms with van der Waals surface area (Å²) >= 11 is 0. The average molecular weight is 425 g/mol. The molecule has 0 saturated carbocycles. The van der Waals surface area contributed by atoms with Gasteiger partial charge in [-0.15, -0.1) is 13.2 Å². The average Bonchev–Trinajstić information content (AvgIpc) is 2.53. The molecule has 0 aliphatic rings. The quantitative estimate of drug-likeness (QED) is 0.720. The van der Waals surface area contributed by atoms with Gasteiger partial charge >= 0.3 is 6.36 Å². The van der Waals surface area contributed by atoms with Crippen molar-refractivity contribution in [1.82, 2.24) is 4.72 Å². The second-order valence-corrected chi connectivity index (χ2v) is 7.18. The molecule has 0 saturated heterocycles. The predicted molar refractivity (Wildman–Crippen MR) is 86.1 cm³/mol. The highest BCUT2D eigenvalue weighted by Crippen LogP contribution is 2.25. The Bertz CT molecular complexity index is 974. The van der Waals surface area contributed by atoms with Crippen LogP contribution in [0.5, 0.6) is 11.5 Å².